The van der Waals surface area contributed by atoms with Crippen LogP contribution in [-0.4, -0.2) is 29.2 Å². The fraction of sp³-hybridized carbons (Fsp3) is 0.263. The molecule has 3 N–H and O–H groups in total. The normalized spacial score (nSPS) is 18.3. The minimum Gasteiger partial charge on any atom is -0.473 e. The van der Waals surface area contributed by atoms with Crippen LogP contribution in [0, 0.1) is 0 Å². The molecule has 138 valence electrons. The van der Waals surface area contributed by atoms with Crippen molar-refractivity contribution in [3.63, 3.8) is 0 Å². The quantitative estimate of drug-likeness (QED) is 0.658. The number of fused-ring (bicyclic) bond motifs is 1. The van der Waals surface area contributed by atoms with Crippen LogP contribution in [0.4, 0.5) is 0 Å². The summed E-state index contributed by atoms with van der Waals surface area (Å²) in [5.74, 6) is -3.24. The molecule has 0 saturated heterocycles. The average Bonchev–Trinajstić information content (AvgIpc) is 2.63. The zero-order chi connectivity index (χ0) is 19.3. The third-order valence-corrected chi connectivity index (χ3v) is 5.11. The molecule has 2 aromatic carbocycles. The van der Waals surface area contributed by atoms with Gasteiger partial charge in [-0.25, -0.2) is 9.59 Å². The number of hydrogen-bond acceptors (Lipinski definition) is 3. The molecule has 0 fully saturated rings. The van der Waals surface area contributed by atoms with E-state index in [1.807, 2.05) is 19.2 Å². The molecule has 2 atom stereocenters. The third kappa shape index (κ3) is 4.75. The number of carbonyl (C=O) groups is 2. The predicted octanol–water partition coefficient (Wildman–Crippen LogP) is 4.34. The van der Waals surface area contributed by atoms with E-state index in [0.29, 0.717) is 22.0 Å². The monoisotopic (exact) mass is 395 g/mol. The Morgan fingerprint density at radius 3 is 2.12 bits per heavy atom. The molecule has 26 heavy (non-hydrogen) atoms. The van der Waals surface area contributed by atoms with Crippen molar-refractivity contribution in [1.82, 2.24) is 5.32 Å². The lowest BCUT2D eigenvalue weighted by atomic mass is 9.77. The van der Waals surface area contributed by atoms with E-state index < -0.39 is 11.9 Å². The molecule has 5 nitrogen and oxygen atoms in total. The highest BCUT2D eigenvalue weighted by Crippen LogP contribution is 2.42. The third-order valence-electron chi connectivity index (χ3n) is 4.37. The lowest BCUT2D eigenvalue weighted by Gasteiger charge is -2.32. The number of nitrogens with one attached hydrogen (secondary N) is 1. The number of benzene rings is 2. The number of carboxylic acids is 2. The number of carboxylic acid groups (broad SMARTS) is 2. The molecule has 1 aliphatic carbocycles. The Balaban J connectivity index is 0.000000352. The Kier molecular flexibility index (Phi) is 7.03. The molecular formula is C19H19Cl2NO4. The summed E-state index contributed by atoms with van der Waals surface area (Å²) in [6.07, 6.45) is 2.26. The first-order valence-electron chi connectivity index (χ1n) is 8.02. The van der Waals surface area contributed by atoms with Crippen LogP contribution in [0.5, 0.6) is 0 Å². The van der Waals surface area contributed by atoms with Gasteiger partial charge in [0.2, 0.25) is 0 Å². The van der Waals surface area contributed by atoms with E-state index in [9.17, 15) is 0 Å². The van der Waals surface area contributed by atoms with Crippen molar-refractivity contribution >= 4 is 35.1 Å². The minimum atomic E-state index is -1.82. The second-order valence-corrected chi connectivity index (χ2v) is 6.70. The summed E-state index contributed by atoms with van der Waals surface area (Å²) in [6.45, 7) is 0. The Morgan fingerprint density at radius 2 is 1.58 bits per heavy atom. The van der Waals surface area contributed by atoms with Crippen LogP contribution >= 0.6 is 23.2 Å². The Hall–Kier alpha value is -2.08. The van der Waals surface area contributed by atoms with E-state index in [1.54, 1.807) is 0 Å². The van der Waals surface area contributed by atoms with Gasteiger partial charge in [-0.05, 0) is 48.7 Å². The minimum absolute atomic E-state index is 0.408. The van der Waals surface area contributed by atoms with Crippen LogP contribution in [0.1, 0.15) is 41.5 Å². The van der Waals surface area contributed by atoms with Gasteiger partial charge in [-0.3, -0.25) is 0 Å². The van der Waals surface area contributed by atoms with E-state index in [-0.39, 0.29) is 0 Å². The molecule has 0 aromatic heterocycles. The summed E-state index contributed by atoms with van der Waals surface area (Å²) in [7, 11) is 2.03. The topological polar surface area (TPSA) is 86.6 Å². The molecule has 0 radical (unpaired) electrons. The maximum Gasteiger partial charge on any atom is 0.414 e. The van der Waals surface area contributed by atoms with Gasteiger partial charge >= 0.3 is 11.9 Å². The average molecular weight is 396 g/mol. The summed E-state index contributed by atoms with van der Waals surface area (Å²) in [5.41, 5.74) is 4.05. The Labute approximate surface area is 161 Å². The molecule has 0 saturated carbocycles. The lowest BCUT2D eigenvalue weighted by molar-refractivity contribution is -0.159. The lowest BCUT2D eigenvalue weighted by Crippen LogP contribution is -2.24. The zero-order valence-corrected chi connectivity index (χ0v) is 15.6. The molecule has 0 spiro atoms. The predicted molar refractivity (Wildman–Crippen MR) is 101 cm³/mol. The molecule has 0 heterocycles. The molecular weight excluding hydrogens is 377 g/mol. The van der Waals surface area contributed by atoms with E-state index in [4.69, 9.17) is 43.0 Å². The number of hydrogen-bond donors (Lipinski definition) is 3. The highest BCUT2D eigenvalue weighted by atomic mass is 35.5. The van der Waals surface area contributed by atoms with Crippen LogP contribution in [-0.2, 0) is 9.59 Å². The fourth-order valence-corrected chi connectivity index (χ4v) is 3.47. The SMILES string of the molecule is CN[C@H]1CC[C@@H](c2ccc(Cl)c(Cl)c2)c2ccccc21.O=C(O)C(=O)O. The van der Waals surface area contributed by atoms with Gasteiger partial charge in [0.05, 0.1) is 10.0 Å². The van der Waals surface area contributed by atoms with Crippen molar-refractivity contribution in [3.8, 4) is 0 Å². The summed E-state index contributed by atoms with van der Waals surface area (Å²) < 4.78 is 0. The number of aliphatic carboxylic acids is 2. The van der Waals surface area contributed by atoms with Crippen molar-refractivity contribution in [2.45, 2.75) is 24.8 Å². The molecule has 0 bridgehead atoms. The molecule has 3 rings (SSSR count). The zero-order valence-electron chi connectivity index (χ0n) is 14.1. The first kappa shape index (κ1) is 20.2. The van der Waals surface area contributed by atoms with Gasteiger partial charge in [0.25, 0.3) is 0 Å². The highest BCUT2D eigenvalue weighted by molar-refractivity contribution is 6.42. The van der Waals surface area contributed by atoms with E-state index in [2.05, 4.69) is 35.6 Å². The van der Waals surface area contributed by atoms with Crippen LogP contribution in [0.3, 0.4) is 0 Å². The first-order valence-corrected chi connectivity index (χ1v) is 8.78. The van der Waals surface area contributed by atoms with Crippen molar-refractivity contribution < 1.29 is 19.8 Å². The number of halogens is 2. The molecule has 0 amide bonds. The van der Waals surface area contributed by atoms with Crippen molar-refractivity contribution in [2.24, 2.45) is 0 Å². The highest BCUT2D eigenvalue weighted by Gasteiger charge is 2.27. The second-order valence-electron chi connectivity index (χ2n) is 5.88. The summed E-state index contributed by atoms with van der Waals surface area (Å²) >= 11 is 12.2. The first-order chi connectivity index (χ1) is 12.3. The van der Waals surface area contributed by atoms with Gasteiger partial charge in [0, 0.05) is 12.0 Å². The second kappa shape index (κ2) is 9.03. The molecule has 0 aliphatic heterocycles. The van der Waals surface area contributed by atoms with Crippen molar-refractivity contribution in [2.75, 3.05) is 7.05 Å². The van der Waals surface area contributed by atoms with Gasteiger partial charge in [0.1, 0.15) is 0 Å². The maximum absolute atomic E-state index is 9.10. The van der Waals surface area contributed by atoms with Gasteiger partial charge in [-0.1, -0.05) is 53.5 Å². The van der Waals surface area contributed by atoms with Crippen molar-refractivity contribution in [3.05, 3.63) is 69.2 Å². The summed E-state index contributed by atoms with van der Waals surface area (Å²) in [4.78, 5) is 18.2. The fourth-order valence-electron chi connectivity index (χ4n) is 3.17. The Bertz CT molecular complexity index is 798. The van der Waals surface area contributed by atoms with Gasteiger partial charge in [-0.15, -0.1) is 0 Å². The molecule has 0 unspecified atom stereocenters. The van der Waals surface area contributed by atoms with Gasteiger partial charge in [-0.2, -0.15) is 0 Å². The van der Waals surface area contributed by atoms with Crippen molar-refractivity contribution in [1.29, 1.82) is 0 Å². The molecule has 2 aromatic rings. The number of rotatable bonds is 2. The molecule has 7 heteroatoms. The van der Waals surface area contributed by atoms with E-state index in [1.165, 1.54) is 16.7 Å². The van der Waals surface area contributed by atoms with E-state index >= 15 is 0 Å². The smallest absolute Gasteiger partial charge is 0.414 e. The molecule has 1 aliphatic rings. The van der Waals surface area contributed by atoms with Crippen LogP contribution in [0.25, 0.3) is 0 Å². The summed E-state index contributed by atoms with van der Waals surface area (Å²) in [6, 6.07) is 15.1. The largest absolute Gasteiger partial charge is 0.473 e. The van der Waals surface area contributed by atoms with Crippen LogP contribution in [0.2, 0.25) is 10.0 Å². The van der Waals surface area contributed by atoms with Crippen LogP contribution < -0.4 is 5.32 Å². The standard InChI is InChI=1S/C17H17Cl2N.C2H2O4/c1-20-17-9-7-12(13-4-2-3-5-14(13)17)11-6-8-15(18)16(19)10-11;3-1(4)2(5)6/h2-6,8,10,12,17,20H,7,9H2,1H3;(H,3,4)(H,5,6)/t12-,17-;/m0./s1. The van der Waals surface area contributed by atoms with Crippen LogP contribution in [0.15, 0.2) is 42.5 Å². The van der Waals surface area contributed by atoms with E-state index in [0.717, 1.165) is 12.8 Å². The van der Waals surface area contributed by atoms with Gasteiger partial charge in [0.15, 0.2) is 0 Å². The maximum atomic E-state index is 9.10. The summed E-state index contributed by atoms with van der Waals surface area (Å²) in [5, 5.41) is 19.4. The Morgan fingerprint density at radius 1 is 0.962 bits per heavy atom. The van der Waals surface area contributed by atoms with Gasteiger partial charge < -0.3 is 15.5 Å².